The second-order valence-electron chi connectivity index (χ2n) is 12.0. The van der Waals surface area contributed by atoms with E-state index in [0.29, 0.717) is 47.9 Å². The number of carbonyl (C=O) groups is 3. The zero-order valence-corrected chi connectivity index (χ0v) is 25.4. The van der Waals surface area contributed by atoms with Crippen molar-refractivity contribution in [1.82, 2.24) is 20.1 Å². The van der Waals surface area contributed by atoms with Crippen molar-refractivity contribution >= 4 is 34.2 Å². The molecule has 1 aromatic heterocycles. The number of nitrogens with one attached hydrogen (secondary N) is 2. The molecular formula is C31H42FN5O4S. The highest BCUT2D eigenvalue weighted by atomic mass is 32.1. The monoisotopic (exact) mass is 599 g/mol. The molecule has 0 spiro atoms. The van der Waals surface area contributed by atoms with Crippen LogP contribution in [0.4, 0.5) is 14.3 Å². The Kier molecular flexibility index (Phi) is 10.2. The minimum absolute atomic E-state index is 0.0256. The van der Waals surface area contributed by atoms with Crippen molar-refractivity contribution in [3.63, 3.8) is 0 Å². The van der Waals surface area contributed by atoms with Crippen molar-refractivity contribution in [1.29, 1.82) is 0 Å². The lowest BCUT2D eigenvalue weighted by Crippen LogP contribution is -2.58. The molecule has 3 unspecified atom stereocenters. The number of rotatable bonds is 8. The number of Topliss-reactive ketones (excluding diaryl/α,β-unsaturated/α-hetero) is 1. The summed E-state index contributed by atoms with van der Waals surface area (Å²) in [5.74, 6) is 0.526. The number of aromatic nitrogens is 1. The van der Waals surface area contributed by atoms with Gasteiger partial charge in [0.25, 0.3) is 0 Å². The fourth-order valence-electron chi connectivity index (χ4n) is 6.63. The Morgan fingerprint density at radius 1 is 1.07 bits per heavy atom. The van der Waals surface area contributed by atoms with Crippen LogP contribution in [0.2, 0.25) is 0 Å². The summed E-state index contributed by atoms with van der Waals surface area (Å²) in [6, 6.07) is 6.22. The molecule has 2 aromatic rings. The number of amides is 3. The van der Waals surface area contributed by atoms with Crippen molar-refractivity contribution < 1.29 is 23.5 Å². The number of halogens is 1. The molecule has 2 N–H and O–H groups in total. The normalized spacial score (nSPS) is 23.9. The largest absolute Gasteiger partial charge is 0.381 e. The average Bonchev–Trinajstić information content (AvgIpc) is 3.35. The minimum atomic E-state index is -0.373. The van der Waals surface area contributed by atoms with Gasteiger partial charge >= 0.3 is 6.03 Å². The van der Waals surface area contributed by atoms with Gasteiger partial charge in [-0.3, -0.25) is 14.9 Å². The van der Waals surface area contributed by atoms with Crippen molar-refractivity contribution in [3.8, 4) is 0 Å². The zero-order valence-electron chi connectivity index (χ0n) is 24.6. The van der Waals surface area contributed by atoms with Gasteiger partial charge in [-0.05, 0) is 81.5 Å². The van der Waals surface area contributed by atoms with E-state index in [1.165, 1.54) is 30.4 Å². The maximum atomic E-state index is 13.4. The first kappa shape index (κ1) is 30.6. The Hall–Kier alpha value is -2.89. The predicted octanol–water partition coefficient (Wildman–Crippen LogP) is 4.51. The van der Waals surface area contributed by atoms with Crippen LogP contribution in [0.3, 0.4) is 0 Å². The molecule has 42 heavy (non-hydrogen) atoms. The number of piperidine rings is 2. The molecule has 3 fully saturated rings. The molecule has 5 rings (SSSR count). The molecule has 0 radical (unpaired) electrons. The van der Waals surface area contributed by atoms with E-state index >= 15 is 0 Å². The third-order valence-corrected chi connectivity index (χ3v) is 10.00. The lowest BCUT2D eigenvalue weighted by atomic mass is 9.87. The molecule has 0 bridgehead atoms. The number of benzene rings is 1. The van der Waals surface area contributed by atoms with E-state index in [9.17, 15) is 18.8 Å². The highest BCUT2D eigenvalue weighted by Gasteiger charge is 2.37. The number of nitrogens with zero attached hydrogens (tertiary/aromatic N) is 3. The number of carbonyl (C=O) groups excluding carboxylic acids is 3. The molecule has 0 aliphatic carbocycles. The van der Waals surface area contributed by atoms with Crippen LogP contribution in [-0.2, 0) is 16.0 Å². The maximum absolute atomic E-state index is 13.4. The summed E-state index contributed by atoms with van der Waals surface area (Å²) in [6.07, 6.45) is 5.46. The van der Waals surface area contributed by atoms with Crippen molar-refractivity contribution in [3.05, 3.63) is 46.2 Å². The SMILES string of the molecule is CC(=O)c1sc(NC(=O)NC2CN(C(=O)C3CCOCC3)CCC2CN2CCCC(Cc3ccc(F)cc3)C2)nc1C. The quantitative estimate of drug-likeness (QED) is 0.433. The van der Waals surface area contributed by atoms with E-state index in [1.807, 2.05) is 17.0 Å². The number of likely N-dealkylation sites (tertiary alicyclic amines) is 2. The van der Waals surface area contributed by atoms with Gasteiger partial charge in [-0.15, -0.1) is 0 Å². The number of hydrogen-bond donors (Lipinski definition) is 2. The molecule has 9 nitrogen and oxygen atoms in total. The summed E-state index contributed by atoms with van der Waals surface area (Å²) in [4.78, 5) is 47.7. The van der Waals surface area contributed by atoms with Gasteiger partial charge in [-0.2, -0.15) is 0 Å². The standard InChI is InChI=1S/C31H42FN5O4S/c1-20-28(21(2)38)42-31(33-20)35-30(40)34-27-19-37(29(39)24-10-14-41-15-11-24)13-9-25(27)18-36-12-3-4-23(17-36)16-22-5-7-26(32)8-6-22/h5-8,23-25,27H,3-4,9-19H2,1-2H3,(H2,33,34,35,40). The second-order valence-corrected chi connectivity index (χ2v) is 13.0. The summed E-state index contributed by atoms with van der Waals surface area (Å²) in [6.45, 7) is 8.44. The lowest BCUT2D eigenvalue weighted by molar-refractivity contribution is -0.140. The van der Waals surface area contributed by atoms with E-state index < -0.39 is 0 Å². The molecule has 11 heteroatoms. The van der Waals surface area contributed by atoms with Crippen LogP contribution in [-0.4, -0.2) is 84.5 Å². The Morgan fingerprint density at radius 3 is 2.55 bits per heavy atom. The van der Waals surface area contributed by atoms with Crippen LogP contribution in [0.15, 0.2) is 24.3 Å². The third kappa shape index (κ3) is 7.93. The fourth-order valence-corrected chi connectivity index (χ4v) is 7.49. The fraction of sp³-hybridized carbons (Fsp3) is 0.613. The summed E-state index contributed by atoms with van der Waals surface area (Å²) < 4.78 is 18.8. The molecule has 3 aliphatic heterocycles. The summed E-state index contributed by atoms with van der Waals surface area (Å²) in [7, 11) is 0. The molecule has 0 saturated carbocycles. The van der Waals surface area contributed by atoms with Gasteiger partial charge in [0.05, 0.1) is 16.6 Å². The molecule has 1 aromatic carbocycles. The van der Waals surface area contributed by atoms with E-state index in [0.717, 1.165) is 63.7 Å². The smallest absolute Gasteiger partial charge is 0.321 e. The van der Waals surface area contributed by atoms with Crippen molar-refractivity contribution in [2.75, 3.05) is 51.3 Å². The van der Waals surface area contributed by atoms with E-state index in [1.54, 1.807) is 6.92 Å². The number of hydrogen-bond acceptors (Lipinski definition) is 7. The van der Waals surface area contributed by atoms with Crippen LogP contribution in [0.5, 0.6) is 0 Å². The first-order valence-electron chi connectivity index (χ1n) is 15.1. The Morgan fingerprint density at radius 2 is 1.83 bits per heavy atom. The van der Waals surface area contributed by atoms with Crippen LogP contribution >= 0.6 is 11.3 Å². The zero-order chi connectivity index (χ0) is 29.6. The first-order chi connectivity index (χ1) is 20.2. The van der Waals surface area contributed by atoms with E-state index in [-0.39, 0.29) is 41.4 Å². The summed E-state index contributed by atoms with van der Waals surface area (Å²) in [5, 5.41) is 6.37. The molecule has 4 heterocycles. The molecule has 3 amide bonds. The van der Waals surface area contributed by atoms with Crippen molar-refractivity contribution in [2.45, 2.75) is 58.4 Å². The molecule has 3 atom stereocenters. The van der Waals surface area contributed by atoms with Gasteiger partial charge in [0.2, 0.25) is 5.91 Å². The maximum Gasteiger partial charge on any atom is 0.321 e. The van der Waals surface area contributed by atoms with Gasteiger partial charge < -0.3 is 19.9 Å². The highest BCUT2D eigenvalue weighted by Crippen LogP contribution is 2.28. The molecular weight excluding hydrogens is 557 g/mol. The van der Waals surface area contributed by atoms with E-state index in [2.05, 4.69) is 20.5 Å². The van der Waals surface area contributed by atoms with Gasteiger partial charge in [0.15, 0.2) is 10.9 Å². The number of aryl methyl sites for hydroxylation is 1. The first-order valence-corrected chi connectivity index (χ1v) is 16.0. The highest BCUT2D eigenvalue weighted by molar-refractivity contribution is 7.17. The van der Waals surface area contributed by atoms with Gasteiger partial charge in [0.1, 0.15) is 5.82 Å². The Bertz CT molecular complexity index is 1250. The molecule has 3 aliphatic rings. The Balaban J connectivity index is 1.24. The second kappa shape index (κ2) is 14.1. The third-order valence-electron chi connectivity index (χ3n) is 8.82. The average molecular weight is 600 g/mol. The Labute approximate surface area is 251 Å². The summed E-state index contributed by atoms with van der Waals surface area (Å²) >= 11 is 1.18. The molecule has 228 valence electrons. The number of ether oxygens (including phenoxy) is 1. The van der Waals surface area contributed by atoms with E-state index in [4.69, 9.17) is 4.74 Å². The topological polar surface area (TPSA) is 104 Å². The number of ketones is 1. The van der Waals surface area contributed by atoms with Gasteiger partial charge in [-0.1, -0.05) is 23.5 Å². The van der Waals surface area contributed by atoms with Crippen molar-refractivity contribution in [2.24, 2.45) is 17.8 Å². The van der Waals surface area contributed by atoms with Gasteiger partial charge in [0, 0.05) is 52.2 Å². The number of thiazole rings is 1. The number of urea groups is 1. The van der Waals surface area contributed by atoms with Crippen LogP contribution in [0, 0.1) is 30.5 Å². The van der Waals surface area contributed by atoms with Crippen LogP contribution in [0.1, 0.15) is 60.0 Å². The summed E-state index contributed by atoms with van der Waals surface area (Å²) in [5.41, 5.74) is 1.76. The van der Waals surface area contributed by atoms with Crippen LogP contribution in [0.25, 0.3) is 0 Å². The lowest BCUT2D eigenvalue weighted by Gasteiger charge is -2.43. The predicted molar refractivity (Wildman–Crippen MR) is 160 cm³/mol. The minimum Gasteiger partial charge on any atom is -0.381 e. The van der Waals surface area contributed by atoms with Gasteiger partial charge in [-0.25, -0.2) is 14.2 Å². The number of anilines is 1. The van der Waals surface area contributed by atoms with Crippen LogP contribution < -0.4 is 10.6 Å². The molecule has 3 saturated heterocycles.